The topological polar surface area (TPSA) is 83.7 Å². The standard InChI is InChI=1S/C13H11ClFN5O/c1-7(2)21-13-19-11(14)18-12(20-13)17-10-5-3-4-9(15)8(10)6-16/h3-5,7H,1-2H3,(H,17,18,19,20). The lowest BCUT2D eigenvalue weighted by Gasteiger charge is -2.10. The molecule has 2 rings (SSSR count). The maximum absolute atomic E-state index is 13.5. The Labute approximate surface area is 125 Å². The first kappa shape index (κ1) is 14.9. The van der Waals surface area contributed by atoms with E-state index in [1.54, 1.807) is 6.07 Å². The van der Waals surface area contributed by atoms with Crippen LogP contribution in [-0.2, 0) is 0 Å². The van der Waals surface area contributed by atoms with Crippen LogP contribution in [0.4, 0.5) is 16.0 Å². The van der Waals surface area contributed by atoms with E-state index in [-0.39, 0.29) is 34.6 Å². The summed E-state index contributed by atoms with van der Waals surface area (Å²) in [5, 5.41) is 11.6. The molecule has 1 N–H and O–H groups in total. The first-order valence-corrected chi connectivity index (χ1v) is 6.41. The molecule has 0 radical (unpaired) electrons. The van der Waals surface area contributed by atoms with Crippen molar-refractivity contribution in [1.82, 2.24) is 15.0 Å². The molecule has 0 amide bonds. The van der Waals surface area contributed by atoms with Crippen LogP contribution in [0.25, 0.3) is 0 Å². The highest BCUT2D eigenvalue weighted by Crippen LogP contribution is 2.22. The summed E-state index contributed by atoms with van der Waals surface area (Å²) in [7, 11) is 0. The monoisotopic (exact) mass is 307 g/mol. The fourth-order valence-corrected chi connectivity index (χ4v) is 1.67. The van der Waals surface area contributed by atoms with Crippen LogP contribution >= 0.6 is 11.6 Å². The normalized spacial score (nSPS) is 10.3. The highest BCUT2D eigenvalue weighted by molar-refractivity contribution is 6.28. The summed E-state index contributed by atoms with van der Waals surface area (Å²) < 4.78 is 18.8. The van der Waals surface area contributed by atoms with E-state index in [9.17, 15) is 4.39 Å². The van der Waals surface area contributed by atoms with Gasteiger partial charge in [0.15, 0.2) is 0 Å². The highest BCUT2D eigenvalue weighted by atomic mass is 35.5. The Bertz CT molecular complexity index is 701. The van der Waals surface area contributed by atoms with E-state index in [2.05, 4.69) is 20.3 Å². The van der Waals surface area contributed by atoms with Gasteiger partial charge in [-0.05, 0) is 37.6 Å². The first-order valence-electron chi connectivity index (χ1n) is 6.03. The second-order valence-electron chi connectivity index (χ2n) is 4.28. The van der Waals surface area contributed by atoms with Gasteiger partial charge in [-0.3, -0.25) is 0 Å². The minimum absolute atomic E-state index is 0.0439. The maximum Gasteiger partial charge on any atom is 0.322 e. The number of benzene rings is 1. The summed E-state index contributed by atoms with van der Waals surface area (Å²) in [6.07, 6.45) is -0.139. The van der Waals surface area contributed by atoms with Gasteiger partial charge in [-0.25, -0.2) is 4.39 Å². The maximum atomic E-state index is 13.5. The number of halogens is 2. The Morgan fingerprint density at radius 1 is 1.33 bits per heavy atom. The molecule has 6 nitrogen and oxygen atoms in total. The molecule has 1 heterocycles. The van der Waals surface area contributed by atoms with Crippen molar-refractivity contribution in [3.8, 4) is 12.1 Å². The van der Waals surface area contributed by atoms with Crippen molar-refractivity contribution in [1.29, 1.82) is 5.26 Å². The van der Waals surface area contributed by atoms with Gasteiger partial charge >= 0.3 is 6.01 Å². The van der Waals surface area contributed by atoms with Crippen molar-refractivity contribution in [3.63, 3.8) is 0 Å². The van der Waals surface area contributed by atoms with Crippen molar-refractivity contribution in [3.05, 3.63) is 34.9 Å². The van der Waals surface area contributed by atoms with Gasteiger partial charge in [0.05, 0.1) is 11.8 Å². The number of nitrogens with zero attached hydrogens (tertiary/aromatic N) is 4. The summed E-state index contributed by atoms with van der Waals surface area (Å²) >= 11 is 5.78. The van der Waals surface area contributed by atoms with E-state index in [1.165, 1.54) is 18.2 Å². The summed E-state index contributed by atoms with van der Waals surface area (Å²) in [4.78, 5) is 11.7. The van der Waals surface area contributed by atoms with Gasteiger partial charge in [-0.15, -0.1) is 0 Å². The molecule has 0 unspecified atom stereocenters. The second-order valence-corrected chi connectivity index (χ2v) is 4.61. The molecule has 1 aromatic carbocycles. The minimum atomic E-state index is -0.638. The number of hydrogen-bond acceptors (Lipinski definition) is 6. The third-order valence-electron chi connectivity index (χ3n) is 2.30. The van der Waals surface area contributed by atoms with Crippen LogP contribution in [0.3, 0.4) is 0 Å². The minimum Gasteiger partial charge on any atom is -0.461 e. The average molecular weight is 308 g/mol. The number of ether oxygens (including phenoxy) is 1. The molecule has 0 bridgehead atoms. The van der Waals surface area contributed by atoms with Crippen LogP contribution in [-0.4, -0.2) is 21.1 Å². The molecule has 0 aliphatic rings. The number of nitriles is 1. The summed E-state index contributed by atoms with van der Waals surface area (Å²) in [6.45, 7) is 3.62. The largest absolute Gasteiger partial charge is 0.461 e. The van der Waals surface area contributed by atoms with Gasteiger partial charge in [0, 0.05) is 0 Å². The van der Waals surface area contributed by atoms with Crippen LogP contribution in [0, 0.1) is 17.1 Å². The van der Waals surface area contributed by atoms with Gasteiger partial charge in [0.1, 0.15) is 17.4 Å². The summed E-state index contributed by atoms with van der Waals surface area (Å²) in [6, 6.07) is 6.00. The lowest BCUT2D eigenvalue weighted by molar-refractivity contribution is 0.222. The molecule has 21 heavy (non-hydrogen) atoms. The Morgan fingerprint density at radius 3 is 2.76 bits per heavy atom. The molecular weight excluding hydrogens is 297 g/mol. The molecule has 8 heteroatoms. The van der Waals surface area contributed by atoms with Crippen molar-refractivity contribution in [2.75, 3.05) is 5.32 Å². The van der Waals surface area contributed by atoms with Crippen LogP contribution in [0.15, 0.2) is 18.2 Å². The van der Waals surface area contributed by atoms with Gasteiger partial charge < -0.3 is 10.1 Å². The van der Waals surface area contributed by atoms with E-state index < -0.39 is 5.82 Å². The quantitative estimate of drug-likeness (QED) is 0.934. The zero-order valence-corrected chi connectivity index (χ0v) is 12.0. The van der Waals surface area contributed by atoms with Crippen LogP contribution in [0.1, 0.15) is 19.4 Å². The van der Waals surface area contributed by atoms with Crippen molar-refractivity contribution < 1.29 is 9.13 Å². The summed E-state index contributed by atoms with van der Waals surface area (Å²) in [5.74, 6) is -0.575. The molecule has 0 atom stereocenters. The number of hydrogen-bond donors (Lipinski definition) is 1. The molecule has 0 spiro atoms. The molecule has 0 saturated heterocycles. The number of nitrogens with one attached hydrogen (secondary N) is 1. The Balaban J connectivity index is 2.34. The third-order valence-corrected chi connectivity index (χ3v) is 2.47. The van der Waals surface area contributed by atoms with Crippen LogP contribution in [0.2, 0.25) is 5.28 Å². The number of aromatic nitrogens is 3. The van der Waals surface area contributed by atoms with Crippen LogP contribution < -0.4 is 10.1 Å². The fraction of sp³-hybridized carbons (Fsp3) is 0.231. The predicted molar refractivity (Wildman–Crippen MR) is 75.0 cm³/mol. The van der Waals surface area contributed by atoms with Gasteiger partial charge in [-0.2, -0.15) is 20.2 Å². The lowest BCUT2D eigenvalue weighted by Crippen LogP contribution is -2.10. The Kier molecular flexibility index (Phi) is 4.50. The fourth-order valence-electron chi connectivity index (χ4n) is 1.51. The van der Waals surface area contributed by atoms with Crippen molar-refractivity contribution >= 4 is 23.2 Å². The van der Waals surface area contributed by atoms with E-state index >= 15 is 0 Å². The molecule has 0 saturated carbocycles. The molecular formula is C13H11ClFN5O. The van der Waals surface area contributed by atoms with Crippen LogP contribution in [0.5, 0.6) is 6.01 Å². The summed E-state index contributed by atoms with van der Waals surface area (Å²) in [5.41, 5.74) is 0.0932. The van der Waals surface area contributed by atoms with E-state index in [4.69, 9.17) is 21.6 Å². The van der Waals surface area contributed by atoms with E-state index in [0.717, 1.165) is 0 Å². The Hall–Kier alpha value is -2.46. The molecule has 0 aliphatic carbocycles. The smallest absolute Gasteiger partial charge is 0.322 e. The molecule has 1 aromatic heterocycles. The molecule has 108 valence electrons. The van der Waals surface area contributed by atoms with Gasteiger partial charge in [0.25, 0.3) is 0 Å². The third kappa shape index (κ3) is 3.77. The molecule has 0 aliphatic heterocycles. The van der Waals surface area contributed by atoms with Gasteiger partial charge in [-0.1, -0.05) is 6.07 Å². The van der Waals surface area contributed by atoms with Gasteiger partial charge in [0.2, 0.25) is 11.2 Å². The SMILES string of the molecule is CC(C)Oc1nc(Cl)nc(Nc2cccc(F)c2C#N)n1. The highest BCUT2D eigenvalue weighted by Gasteiger charge is 2.12. The molecule has 0 fully saturated rings. The zero-order chi connectivity index (χ0) is 15.4. The average Bonchev–Trinajstić information content (AvgIpc) is 2.37. The second kappa shape index (κ2) is 6.33. The lowest BCUT2D eigenvalue weighted by atomic mass is 10.2. The Morgan fingerprint density at radius 2 is 2.10 bits per heavy atom. The van der Waals surface area contributed by atoms with Crippen molar-refractivity contribution in [2.45, 2.75) is 20.0 Å². The zero-order valence-electron chi connectivity index (χ0n) is 11.3. The van der Waals surface area contributed by atoms with E-state index in [1.807, 2.05) is 13.8 Å². The number of rotatable bonds is 4. The van der Waals surface area contributed by atoms with E-state index in [0.29, 0.717) is 0 Å². The predicted octanol–water partition coefficient (Wildman–Crippen LogP) is 3.07. The first-order chi connectivity index (χ1) is 9.99. The molecule has 2 aromatic rings. The number of anilines is 2. The van der Waals surface area contributed by atoms with Crippen molar-refractivity contribution in [2.24, 2.45) is 0 Å².